The molecule has 0 fully saturated rings. The van der Waals surface area contributed by atoms with Gasteiger partial charge in [0.15, 0.2) is 4.96 Å². The smallest absolute Gasteiger partial charge is 0.195 e. The van der Waals surface area contributed by atoms with E-state index in [0.29, 0.717) is 0 Å². The van der Waals surface area contributed by atoms with Gasteiger partial charge in [0.25, 0.3) is 0 Å². The Morgan fingerprint density at radius 3 is 2.70 bits per heavy atom. The van der Waals surface area contributed by atoms with Gasteiger partial charge in [-0.05, 0) is 42.8 Å². The lowest BCUT2D eigenvalue weighted by atomic mass is 10.2. The standard InChI is InChI=1S/C16H11FN2S/c1-10-3-2-4-14-15(10)19-9-13(18-16(19)20-14)11-5-7-12(17)8-6-11/h2-9H,1H3. The number of aromatic nitrogens is 2. The van der Waals surface area contributed by atoms with Crippen LogP contribution in [0.25, 0.3) is 26.4 Å². The van der Waals surface area contributed by atoms with E-state index in [-0.39, 0.29) is 5.82 Å². The maximum Gasteiger partial charge on any atom is 0.195 e. The Kier molecular flexibility index (Phi) is 2.41. The van der Waals surface area contributed by atoms with Crippen LogP contribution in [-0.4, -0.2) is 9.38 Å². The van der Waals surface area contributed by atoms with E-state index in [1.165, 1.54) is 27.9 Å². The first-order chi connectivity index (χ1) is 9.72. The normalized spacial score (nSPS) is 11.5. The van der Waals surface area contributed by atoms with Gasteiger partial charge in [0.2, 0.25) is 0 Å². The maximum atomic E-state index is 13.0. The number of thiazole rings is 1. The Hall–Kier alpha value is -2.20. The van der Waals surface area contributed by atoms with E-state index in [2.05, 4.69) is 34.5 Å². The molecule has 0 saturated heterocycles. The molecule has 98 valence electrons. The lowest BCUT2D eigenvalue weighted by Gasteiger charge is -1.97. The minimum atomic E-state index is -0.226. The van der Waals surface area contributed by atoms with Crippen LogP contribution in [-0.2, 0) is 0 Å². The Bertz CT molecular complexity index is 919. The fraction of sp³-hybridized carbons (Fsp3) is 0.0625. The summed E-state index contributed by atoms with van der Waals surface area (Å²) in [6.45, 7) is 2.10. The van der Waals surface area contributed by atoms with Crippen LogP contribution in [0, 0.1) is 12.7 Å². The number of imidazole rings is 1. The number of benzene rings is 2. The Labute approximate surface area is 119 Å². The number of rotatable bonds is 1. The van der Waals surface area contributed by atoms with Crippen LogP contribution in [0.2, 0.25) is 0 Å². The van der Waals surface area contributed by atoms with Crippen molar-refractivity contribution in [1.82, 2.24) is 9.38 Å². The van der Waals surface area contributed by atoms with Crippen LogP contribution in [0.1, 0.15) is 5.56 Å². The number of halogens is 1. The molecular weight excluding hydrogens is 271 g/mol. The van der Waals surface area contributed by atoms with Gasteiger partial charge in [-0.25, -0.2) is 9.37 Å². The predicted molar refractivity (Wildman–Crippen MR) is 80.7 cm³/mol. The molecule has 0 atom stereocenters. The summed E-state index contributed by atoms with van der Waals surface area (Å²) in [6, 6.07) is 12.7. The van der Waals surface area contributed by atoms with E-state index in [4.69, 9.17) is 0 Å². The molecule has 0 saturated carbocycles. The third kappa shape index (κ3) is 1.65. The minimum absolute atomic E-state index is 0.226. The van der Waals surface area contributed by atoms with E-state index in [1.54, 1.807) is 23.5 Å². The van der Waals surface area contributed by atoms with Crippen molar-refractivity contribution in [3.05, 3.63) is 60.0 Å². The number of para-hydroxylation sites is 1. The van der Waals surface area contributed by atoms with Crippen LogP contribution >= 0.6 is 11.3 Å². The number of aryl methyl sites for hydroxylation is 1. The molecule has 0 N–H and O–H groups in total. The lowest BCUT2D eigenvalue weighted by Crippen LogP contribution is -1.81. The highest BCUT2D eigenvalue weighted by atomic mass is 32.1. The molecule has 4 heteroatoms. The number of hydrogen-bond donors (Lipinski definition) is 0. The van der Waals surface area contributed by atoms with E-state index in [9.17, 15) is 4.39 Å². The molecule has 0 radical (unpaired) electrons. The van der Waals surface area contributed by atoms with Gasteiger partial charge in [0.1, 0.15) is 5.82 Å². The molecule has 0 amide bonds. The summed E-state index contributed by atoms with van der Waals surface area (Å²) < 4.78 is 16.3. The van der Waals surface area contributed by atoms with Gasteiger partial charge in [-0.3, -0.25) is 4.40 Å². The molecule has 2 aromatic heterocycles. The zero-order valence-corrected chi connectivity index (χ0v) is 11.6. The molecule has 0 unspecified atom stereocenters. The second kappa shape index (κ2) is 4.15. The first-order valence-electron chi connectivity index (χ1n) is 6.35. The van der Waals surface area contributed by atoms with Crippen LogP contribution in [0.3, 0.4) is 0 Å². The highest BCUT2D eigenvalue weighted by Crippen LogP contribution is 2.31. The van der Waals surface area contributed by atoms with Crippen molar-refractivity contribution < 1.29 is 4.39 Å². The number of fused-ring (bicyclic) bond motifs is 3. The molecule has 4 rings (SSSR count). The van der Waals surface area contributed by atoms with Gasteiger partial charge in [0, 0.05) is 11.8 Å². The molecule has 20 heavy (non-hydrogen) atoms. The monoisotopic (exact) mass is 282 g/mol. The first kappa shape index (κ1) is 11.6. The largest absolute Gasteiger partial charge is 0.289 e. The molecule has 0 aliphatic heterocycles. The molecule has 2 aromatic carbocycles. The average Bonchev–Trinajstić information content (AvgIpc) is 2.97. The number of hydrogen-bond acceptors (Lipinski definition) is 2. The molecule has 0 spiro atoms. The van der Waals surface area contributed by atoms with E-state index in [1.807, 2.05) is 6.20 Å². The Balaban J connectivity index is 1.97. The van der Waals surface area contributed by atoms with Gasteiger partial charge in [-0.1, -0.05) is 23.5 Å². The molecule has 2 heterocycles. The minimum Gasteiger partial charge on any atom is -0.289 e. The van der Waals surface area contributed by atoms with Gasteiger partial charge >= 0.3 is 0 Å². The molecule has 0 bridgehead atoms. The van der Waals surface area contributed by atoms with Crippen molar-refractivity contribution in [3.8, 4) is 11.3 Å². The van der Waals surface area contributed by atoms with Gasteiger partial charge < -0.3 is 0 Å². The van der Waals surface area contributed by atoms with Gasteiger partial charge in [-0.15, -0.1) is 0 Å². The zero-order valence-electron chi connectivity index (χ0n) is 10.8. The fourth-order valence-electron chi connectivity index (χ4n) is 2.48. The fourth-order valence-corrected chi connectivity index (χ4v) is 3.56. The van der Waals surface area contributed by atoms with Crippen molar-refractivity contribution in [3.63, 3.8) is 0 Å². The molecule has 0 aliphatic rings. The highest BCUT2D eigenvalue weighted by Gasteiger charge is 2.11. The van der Waals surface area contributed by atoms with Crippen molar-refractivity contribution in [2.75, 3.05) is 0 Å². The third-order valence-corrected chi connectivity index (χ3v) is 4.48. The van der Waals surface area contributed by atoms with Crippen molar-refractivity contribution in [1.29, 1.82) is 0 Å². The average molecular weight is 282 g/mol. The van der Waals surface area contributed by atoms with E-state index in [0.717, 1.165) is 16.2 Å². The predicted octanol–water partition coefficient (Wildman–Crippen LogP) is 4.66. The summed E-state index contributed by atoms with van der Waals surface area (Å²) in [5.41, 5.74) is 4.25. The topological polar surface area (TPSA) is 17.3 Å². The van der Waals surface area contributed by atoms with Crippen molar-refractivity contribution in [2.45, 2.75) is 6.92 Å². The van der Waals surface area contributed by atoms with Crippen LogP contribution in [0.5, 0.6) is 0 Å². The molecular formula is C16H11FN2S. The molecule has 4 aromatic rings. The zero-order chi connectivity index (χ0) is 13.7. The summed E-state index contributed by atoms with van der Waals surface area (Å²) in [4.78, 5) is 5.62. The molecule has 2 nitrogen and oxygen atoms in total. The van der Waals surface area contributed by atoms with Crippen molar-refractivity contribution >= 4 is 26.5 Å². The van der Waals surface area contributed by atoms with Crippen LogP contribution in [0.15, 0.2) is 48.7 Å². The SMILES string of the molecule is Cc1cccc2sc3nc(-c4ccc(F)cc4)cn3c12. The van der Waals surface area contributed by atoms with Crippen molar-refractivity contribution in [2.24, 2.45) is 0 Å². The second-order valence-electron chi connectivity index (χ2n) is 4.81. The first-order valence-corrected chi connectivity index (χ1v) is 7.17. The summed E-state index contributed by atoms with van der Waals surface area (Å²) >= 11 is 1.67. The quantitative estimate of drug-likeness (QED) is 0.496. The lowest BCUT2D eigenvalue weighted by molar-refractivity contribution is 0.628. The van der Waals surface area contributed by atoms with E-state index < -0.39 is 0 Å². The van der Waals surface area contributed by atoms with Crippen LogP contribution < -0.4 is 0 Å². The summed E-state index contributed by atoms with van der Waals surface area (Å²) in [6.07, 6.45) is 2.02. The molecule has 0 aliphatic carbocycles. The maximum absolute atomic E-state index is 13.0. The van der Waals surface area contributed by atoms with Gasteiger partial charge in [-0.2, -0.15) is 0 Å². The Morgan fingerprint density at radius 2 is 1.90 bits per heavy atom. The summed E-state index contributed by atoms with van der Waals surface area (Å²) in [5.74, 6) is -0.226. The second-order valence-corrected chi connectivity index (χ2v) is 5.82. The Morgan fingerprint density at radius 1 is 1.10 bits per heavy atom. The third-order valence-electron chi connectivity index (χ3n) is 3.46. The highest BCUT2D eigenvalue weighted by molar-refractivity contribution is 7.23. The number of nitrogens with zero attached hydrogens (tertiary/aromatic N) is 2. The van der Waals surface area contributed by atoms with Crippen LogP contribution in [0.4, 0.5) is 4.39 Å². The summed E-state index contributed by atoms with van der Waals surface area (Å²) in [5, 5.41) is 0. The van der Waals surface area contributed by atoms with Gasteiger partial charge in [0.05, 0.1) is 15.9 Å². The summed E-state index contributed by atoms with van der Waals surface area (Å²) in [7, 11) is 0. The van der Waals surface area contributed by atoms with E-state index >= 15 is 0 Å².